The van der Waals surface area contributed by atoms with E-state index in [2.05, 4.69) is 5.73 Å². The summed E-state index contributed by atoms with van der Waals surface area (Å²) in [5.41, 5.74) is 2.79. The van der Waals surface area contributed by atoms with Gasteiger partial charge < -0.3 is 5.73 Å². The summed E-state index contributed by atoms with van der Waals surface area (Å²) < 4.78 is 62.4. The number of amides is 1. The molecule has 1 aromatic carbocycles. The Morgan fingerprint density at radius 1 is 0.800 bits per heavy atom. The Morgan fingerprint density at radius 3 is 1.33 bits per heavy atom. The Hall–Kier alpha value is -1.18. The topological polar surface area (TPSA) is 43.1 Å². The van der Waals surface area contributed by atoms with Gasteiger partial charge in [-0.05, 0) is 0 Å². The summed E-state index contributed by atoms with van der Waals surface area (Å²) in [5, 5.41) is 0. The molecule has 0 fully saturated rings. The molecule has 0 aliphatic heterocycles. The molecule has 15 heavy (non-hydrogen) atoms. The molecule has 0 saturated carbocycles. The Kier molecular flexibility index (Phi) is 4.20. The fourth-order valence-electron chi connectivity index (χ4n) is 0.821. The van der Waals surface area contributed by atoms with Crippen LogP contribution in [0.2, 0.25) is 0 Å². The Bertz CT molecular complexity index is 393. The minimum absolute atomic E-state index is 0. The lowest BCUT2D eigenvalue weighted by Crippen LogP contribution is -2.19. The molecule has 1 rings (SSSR count). The average molecular weight is 292 g/mol. The first-order chi connectivity index (χ1) is 6.37. The number of carbonyl (C=O) groups excluding carboxylic acids is 1. The van der Waals surface area contributed by atoms with Crippen molar-refractivity contribution < 1.29 is 26.7 Å². The van der Waals surface area contributed by atoms with Crippen molar-refractivity contribution in [2.24, 2.45) is 5.73 Å². The fourth-order valence-corrected chi connectivity index (χ4v) is 0.821. The number of hydrogen-bond acceptors (Lipinski definition) is 1. The molecule has 0 atom stereocenters. The predicted molar refractivity (Wildman–Crippen MR) is 45.1 cm³/mol. The van der Waals surface area contributed by atoms with Gasteiger partial charge in [0.05, 0.1) is 0 Å². The molecule has 0 unspecified atom stereocenters. The second kappa shape index (κ2) is 4.56. The minimum atomic E-state index is -2.33. The summed E-state index contributed by atoms with van der Waals surface area (Å²) in [6.45, 7) is 0. The predicted octanol–water partition coefficient (Wildman–Crippen LogP) is 2.06. The van der Waals surface area contributed by atoms with Gasteiger partial charge in [0.25, 0.3) is 5.91 Å². The van der Waals surface area contributed by atoms with Crippen LogP contribution in [-0.2, 0) is 0 Å². The molecular weight excluding hydrogens is 289 g/mol. The van der Waals surface area contributed by atoms with Gasteiger partial charge in [-0.15, -0.1) is 17.0 Å². The van der Waals surface area contributed by atoms with Gasteiger partial charge in [-0.2, -0.15) is 0 Å². The summed E-state index contributed by atoms with van der Waals surface area (Å²) in [7, 11) is 0. The van der Waals surface area contributed by atoms with Crippen LogP contribution in [0.15, 0.2) is 0 Å². The van der Waals surface area contributed by atoms with Crippen LogP contribution >= 0.6 is 17.0 Å². The van der Waals surface area contributed by atoms with Crippen LogP contribution in [0.5, 0.6) is 0 Å². The summed E-state index contributed by atoms with van der Waals surface area (Å²) in [6, 6.07) is 0. The van der Waals surface area contributed by atoms with Crippen molar-refractivity contribution in [1.82, 2.24) is 0 Å². The van der Waals surface area contributed by atoms with Crippen LogP contribution in [0.25, 0.3) is 0 Å². The highest BCUT2D eigenvalue weighted by Gasteiger charge is 2.28. The highest BCUT2D eigenvalue weighted by molar-refractivity contribution is 8.93. The Labute approximate surface area is 90.6 Å². The summed E-state index contributed by atoms with van der Waals surface area (Å²) in [6.07, 6.45) is 0. The normalized spacial score (nSPS) is 9.67. The minimum Gasteiger partial charge on any atom is -0.365 e. The molecule has 0 aromatic heterocycles. The van der Waals surface area contributed by atoms with Crippen LogP contribution in [0.3, 0.4) is 0 Å². The third kappa shape index (κ3) is 2.09. The van der Waals surface area contributed by atoms with Gasteiger partial charge in [0.15, 0.2) is 23.3 Å². The number of carbonyl (C=O) groups is 1. The van der Waals surface area contributed by atoms with Crippen LogP contribution in [-0.4, -0.2) is 5.91 Å². The SMILES string of the molecule is Br.NC(=O)c1c(F)c(F)c(F)c(F)c1F. The van der Waals surface area contributed by atoms with Crippen molar-refractivity contribution >= 4 is 22.9 Å². The standard InChI is InChI=1S/C7H2F5NO.BrH/c8-2-1(7(13)14)3(9)5(11)6(12)4(2)10;/h(H2,13,14);1H. The van der Waals surface area contributed by atoms with Crippen LogP contribution in [0, 0.1) is 29.1 Å². The largest absolute Gasteiger partial charge is 0.365 e. The molecule has 2 nitrogen and oxygen atoms in total. The van der Waals surface area contributed by atoms with E-state index in [0.717, 1.165) is 0 Å². The second-order valence-corrected chi connectivity index (χ2v) is 2.31. The molecule has 0 aliphatic carbocycles. The molecule has 0 spiro atoms. The van der Waals surface area contributed by atoms with E-state index in [1.807, 2.05) is 0 Å². The number of benzene rings is 1. The van der Waals surface area contributed by atoms with Gasteiger partial charge in [-0.1, -0.05) is 0 Å². The van der Waals surface area contributed by atoms with Crippen molar-refractivity contribution in [1.29, 1.82) is 0 Å². The molecule has 84 valence electrons. The zero-order valence-electron chi connectivity index (χ0n) is 6.78. The molecule has 0 radical (unpaired) electrons. The molecule has 0 heterocycles. The second-order valence-electron chi connectivity index (χ2n) is 2.31. The molecule has 1 amide bonds. The highest BCUT2D eigenvalue weighted by Crippen LogP contribution is 2.22. The summed E-state index contributed by atoms with van der Waals surface area (Å²) >= 11 is 0. The molecule has 0 bridgehead atoms. The Balaban J connectivity index is 0.00000196. The number of hydrogen-bond donors (Lipinski definition) is 1. The number of halogens is 6. The average Bonchev–Trinajstić information content (AvgIpc) is 2.11. The van der Waals surface area contributed by atoms with Gasteiger partial charge in [0.2, 0.25) is 5.82 Å². The zero-order valence-corrected chi connectivity index (χ0v) is 8.50. The maximum atomic E-state index is 12.6. The van der Waals surface area contributed by atoms with Crippen molar-refractivity contribution in [2.45, 2.75) is 0 Å². The smallest absolute Gasteiger partial charge is 0.254 e. The monoisotopic (exact) mass is 291 g/mol. The highest BCUT2D eigenvalue weighted by atomic mass is 79.9. The maximum absolute atomic E-state index is 12.6. The van der Waals surface area contributed by atoms with Crippen LogP contribution in [0.4, 0.5) is 22.0 Å². The first-order valence-electron chi connectivity index (χ1n) is 3.19. The van der Waals surface area contributed by atoms with Gasteiger partial charge in [0, 0.05) is 0 Å². The number of primary amides is 1. The van der Waals surface area contributed by atoms with E-state index in [4.69, 9.17) is 0 Å². The van der Waals surface area contributed by atoms with Crippen molar-refractivity contribution in [3.63, 3.8) is 0 Å². The molecule has 0 saturated heterocycles. The van der Waals surface area contributed by atoms with Crippen molar-refractivity contribution in [2.75, 3.05) is 0 Å². The first-order valence-corrected chi connectivity index (χ1v) is 3.19. The lowest BCUT2D eigenvalue weighted by atomic mass is 10.1. The molecular formula is C7H3BrF5NO. The molecule has 2 N–H and O–H groups in total. The van der Waals surface area contributed by atoms with E-state index in [1.54, 1.807) is 0 Å². The van der Waals surface area contributed by atoms with Crippen LogP contribution in [0.1, 0.15) is 10.4 Å². The zero-order chi connectivity index (χ0) is 11.0. The quantitative estimate of drug-likeness (QED) is 0.480. The van der Waals surface area contributed by atoms with E-state index in [0.29, 0.717) is 0 Å². The molecule has 0 aliphatic rings. The van der Waals surface area contributed by atoms with Crippen LogP contribution < -0.4 is 5.73 Å². The van der Waals surface area contributed by atoms with E-state index < -0.39 is 40.6 Å². The lowest BCUT2D eigenvalue weighted by molar-refractivity contribution is 0.0989. The Morgan fingerprint density at radius 2 is 1.07 bits per heavy atom. The molecule has 1 aromatic rings. The number of rotatable bonds is 1. The first kappa shape index (κ1) is 13.8. The number of nitrogens with two attached hydrogens (primary N) is 1. The van der Waals surface area contributed by atoms with E-state index in [1.165, 1.54) is 0 Å². The third-order valence-electron chi connectivity index (χ3n) is 1.46. The molecule has 8 heteroatoms. The van der Waals surface area contributed by atoms with Crippen molar-refractivity contribution in [3.8, 4) is 0 Å². The fraction of sp³-hybridized carbons (Fsp3) is 0. The van der Waals surface area contributed by atoms with Gasteiger partial charge >= 0.3 is 0 Å². The van der Waals surface area contributed by atoms with Crippen molar-refractivity contribution in [3.05, 3.63) is 34.6 Å². The van der Waals surface area contributed by atoms with E-state index in [-0.39, 0.29) is 17.0 Å². The van der Waals surface area contributed by atoms with Gasteiger partial charge in [-0.25, -0.2) is 22.0 Å². The van der Waals surface area contributed by atoms with Gasteiger partial charge in [0.1, 0.15) is 5.56 Å². The summed E-state index contributed by atoms with van der Waals surface area (Å²) in [5.74, 6) is -12.9. The summed E-state index contributed by atoms with van der Waals surface area (Å²) in [4.78, 5) is 10.3. The lowest BCUT2D eigenvalue weighted by Gasteiger charge is -2.03. The van der Waals surface area contributed by atoms with E-state index >= 15 is 0 Å². The van der Waals surface area contributed by atoms with E-state index in [9.17, 15) is 26.7 Å². The third-order valence-corrected chi connectivity index (χ3v) is 1.46. The maximum Gasteiger partial charge on any atom is 0.254 e. The van der Waals surface area contributed by atoms with Gasteiger partial charge in [-0.3, -0.25) is 4.79 Å².